The molecule has 0 aromatic heterocycles. The van der Waals surface area contributed by atoms with Crippen molar-refractivity contribution in [3.05, 3.63) is 57.1 Å². The minimum Gasteiger partial charge on any atom is -0.504 e. The summed E-state index contributed by atoms with van der Waals surface area (Å²) in [5.74, 6) is -1.83. The number of hydrogen-bond donors (Lipinski definition) is 2. The van der Waals surface area contributed by atoms with Crippen molar-refractivity contribution in [1.82, 2.24) is 4.90 Å². The number of anilines is 1. The summed E-state index contributed by atoms with van der Waals surface area (Å²) in [5, 5.41) is 30.8. The fraction of sp³-hybridized carbons (Fsp3) is 0.316. The van der Waals surface area contributed by atoms with Gasteiger partial charge in [0, 0.05) is 61.5 Å². The highest BCUT2D eigenvalue weighted by Gasteiger charge is 2.23. The lowest BCUT2D eigenvalue weighted by atomic mass is 10.1. The second-order valence-electron chi connectivity index (χ2n) is 6.60. The number of nitrogens with zero attached hydrogens (tertiary/aromatic N) is 3. The Bertz CT molecular complexity index is 880. The molecule has 0 spiro atoms. The zero-order valence-electron chi connectivity index (χ0n) is 15.0. The highest BCUT2D eigenvalue weighted by molar-refractivity contribution is 6.30. The Morgan fingerprint density at radius 1 is 1.11 bits per heavy atom. The van der Waals surface area contributed by atoms with E-state index in [9.17, 15) is 25.1 Å². The monoisotopic (exact) mass is 405 g/mol. The number of carbonyl (C=O) groups is 1. The smallest absolute Gasteiger partial charge is 0.315 e. The number of nitro benzene ring substituents is 1. The van der Waals surface area contributed by atoms with Gasteiger partial charge < -0.3 is 15.1 Å². The lowest BCUT2D eigenvalue weighted by Crippen LogP contribution is -2.46. The number of piperazine rings is 1. The fourth-order valence-electron chi connectivity index (χ4n) is 3.19. The molecule has 2 N–H and O–H groups in total. The molecule has 1 saturated heterocycles. The number of rotatable bonds is 6. The van der Waals surface area contributed by atoms with Crippen LogP contribution < -0.4 is 4.90 Å². The summed E-state index contributed by atoms with van der Waals surface area (Å²) in [5.41, 5.74) is 0.439. The van der Waals surface area contributed by atoms with E-state index in [1.807, 2.05) is 24.3 Å². The predicted molar refractivity (Wildman–Crippen MR) is 105 cm³/mol. The van der Waals surface area contributed by atoms with Crippen molar-refractivity contribution in [2.75, 3.05) is 37.6 Å². The van der Waals surface area contributed by atoms with E-state index in [0.717, 1.165) is 44.0 Å². The number of phenolic OH excluding ortho intramolecular Hbond substituents is 2. The van der Waals surface area contributed by atoms with Crippen LogP contribution in [-0.4, -0.2) is 58.5 Å². The zero-order valence-corrected chi connectivity index (χ0v) is 15.8. The van der Waals surface area contributed by atoms with Crippen LogP contribution in [0.25, 0.3) is 0 Å². The van der Waals surface area contributed by atoms with Crippen molar-refractivity contribution in [2.24, 2.45) is 0 Å². The molecule has 1 aliphatic heterocycles. The van der Waals surface area contributed by atoms with Crippen LogP contribution in [0.5, 0.6) is 11.5 Å². The molecular formula is C19H20ClN3O5. The van der Waals surface area contributed by atoms with E-state index in [2.05, 4.69) is 9.80 Å². The molecule has 2 aromatic carbocycles. The zero-order chi connectivity index (χ0) is 20.3. The molecule has 0 atom stereocenters. The number of benzene rings is 2. The number of nitro groups is 1. The maximum absolute atomic E-state index is 12.4. The maximum atomic E-state index is 12.4. The number of phenols is 2. The van der Waals surface area contributed by atoms with Crippen LogP contribution >= 0.6 is 11.6 Å². The Kier molecular flexibility index (Phi) is 6.01. The SMILES string of the molecule is O=C(CCN1CCN(c2ccc(Cl)cc2)CC1)c1cc(O)c(O)c([N+](=O)[O-])c1. The van der Waals surface area contributed by atoms with E-state index in [1.54, 1.807) is 0 Å². The molecule has 0 amide bonds. The van der Waals surface area contributed by atoms with Gasteiger partial charge in [-0.3, -0.25) is 19.8 Å². The van der Waals surface area contributed by atoms with Crippen molar-refractivity contribution in [3.63, 3.8) is 0 Å². The minimum atomic E-state index is -0.833. The Hall–Kier alpha value is -2.84. The van der Waals surface area contributed by atoms with Gasteiger partial charge in [0.1, 0.15) is 0 Å². The number of ketones is 1. The van der Waals surface area contributed by atoms with Crippen LogP contribution in [0.1, 0.15) is 16.8 Å². The van der Waals surface area contributed by atoms with Gasteiger partial charge in [-0.05, 0) is 30.3 Å². The van der Waals surface area contributed by atoms with Crippen LogP contribution in [0.15, 0.2) is 36.4 Å². The third-order valence-corrected chi connectivity index (χ3v) is 5.06. The average molecular weight is 406 g/mol. The molecule has 1 heterocycles. The fourth-order valence-corrected chi connectivity index (χ4v) is 3.32. The first-order valence-corrected chi connectivity index (χ1v) is 9.19. The van der Waals surface area contributed by atoms with Gasteiger partial charge in [0.2, 0.25) is 5.75 Å². The second-order valence-corrected chi connectivity index (χ2v) is 7.03. The Labute approximate surface area is 166 Å². The van der Waals surface area contributed by atoms with Crippen LogP contribution in [-0.2, 0) is 0 Å². The molecule has 0 bridgehead atoms. The van der Waals surface area contributed by atoms with Crippen LogP contribution in [0.3, 0.4) is 0 Å². The number of Topliss-reactive ketones (excluding diaryl/α,β-unsaturated/α-hetero) is 1. The van der Waals surface area contributed by atoms with Gasteiger partial charge >= 0.3 is 5.69 Å². The van der Waals surface area contributed by atoms with Crippen molar-refractivity contribution >= 4 is 28.8 Å². The molecule has 1 fully saturated rings. The summed E-state index contributed by atoms with van der Waals surface area (Å²) in [6.45, 7) is 3.74. The average Bonchev–Trinajstić information content (AvgIpc) is 2.69. The van der Waals surface area contributed by atoms with Crippen molar-refractivity contribution in [3.8, 4) is 11.5 Å². The molecule has 2 aromatic rings. The predicted octanol–water partition coefficient (Wildman–Crippen LogP) is 3.05. The molecule has 3 rings (SSSR count). The Balaban J connectivity index is 1.55. The summed E-state index contributed by atoms with van der Waals surface area (Å²) < 4.78 is 0. The number of carbonyl (C=O) groups excluding carboxylic acids is 1. The van der Waals surface area contributed by atoms with E-state index in [-0.39, 0.29) is 17.8 Å². The summed E-state index contributed by atoms with van der Waals surface area (Å²) in [6.07, 6.45) is 0.169. The van der Waals surface area contributed by atoms with Crippen molar-refractivity contribution < 1.29 is 19.9 Å². The summed E-state index contributed by atoms with van der Waals surface area (Å²) in [7, 11) is 0. The first-order valence-electron chi connectivity index (χ1n) is 8.81. The minimum absolute atomic E-state index is 0.0156. The molecule has 9 heteroatoms. The van der Waals surface area contributed by atoms with E-state index in [4.69, 9.17) is 11.6 Å². The molecule has 8 nitrogen and oxygen atoms in total. The van der Waals surface area contributed by atoms with Crippen LogP contribution in [0.4, 0.5) is 11.4 Å². The summed E-state index contributed by atoms with van der Waals surface area (Å²) in [6, 6.07) is 9.72. The van der Waals surface area contributed by atoms with Gasteiger partial charge in [0.25, 0.3) is 0 Å². The molecular weight excluding hydrogens is 386 g/mol. The number of aromatic hydroxyl groups is 2. The molecule has 28 heavy (non-hydrogen) atoms. The highest BCUT2D eigenvalue weighted by atomic mass is 35.5. The van der Waals surface area contributed by atoms with Crippen molar-refractivity contribution in [2.45, 2.75) is 6.42 Å². The quantitative estimate of drug-likeness (QED) is 0.329. The van der Waals surface area contributed by atoms with Gasteiger partial charge in [-0.25, -0.2) is 0 Å². The van der Waals surface area contributed by atoms with Crippen LogP contribution in [0.2, 0.25) is 5.02 Å². The van der Waals surface area contributed by atoms with E-state index < -0.39 is 22.1 Å². The van der Waals surface area contributed by atoms with Gasteiger partial charge in [-0.2, -0.15) is 0 Å². The molecule has 0 radical (unpaired) electrons. The molecule has 1 aliphatic rings. The van der Waals surface area contributed by atoms with E-state index in [1.165, 1.54) is 0 Å². The first-order chi connectivity index (χ1) is 13.3. The molecule has 0 saturated carbocycles. The first kappa shape index (κ1) is 19.9. The largest absolute Gasteiger partial charge is 0.504 e. The van der Waals surface area contributed by atoms with E-state index in [0.29, 0.717) is 11.6 Å². The third-order valence-electron chi connectivity index (χ3n) is 4.81. The molecule has 0 aliphatic carbocycles. The summed E-state index contributed by atoms with van der Waals surface area (Å²) in [4.78, 5) is 26.9. The topological polar surface area (TPSA) is 107 Å². The highest BCUT2D eigenvalue weighted by Crippen LogP contribution is 2.36. The lowest BCUT2D eigenvalue weighted by Gasteiger charge is -2.36. The molecule has 148 valence electrons. The Morgan fingerprint density at radius 2 is 1.75 bits per heavy atom. The van der Waals surface area contributed by atoms with Gasteiger partial charge in [0.15, 0.2) is 11.5 Å². The molecule has 0 unspecified atom stereocenters. The summed E-state index contributed by atoms with van der Waals surface area (Å²) >= 11 is 5.92. The van der Waals surface area contributed by atoms with Gasteiger partial charge in [-0.1, -0.05) is 11.6 Å². The third kappa shape index (κ3) is 4.52. The number of halogens is 1. The van der Waals surface area contributed by atoms with Gasteiger partial charge in [0.05, 0.1) is 4.92 Å². The van der Waals surface area contributed by atoms with Crippen molar-refractivity contribution in [1.29, 1.82) is 0 Å². The maximum Gasteiger partial charge on any atom is 0.315 e. The standard InChI is InChI=1S/C19H20ClN3O5/c20-14-1-3-15(4-2-14)22-9-7-21(8-10-22)6-5-17(24)13-11-16(23(27)28)19(26)18(25)12-13/h1-4,11-12,25-26H,5-10H2. The van der Waals surface area contributed by atoms with Crippen LogP contribution in [0, 0.1) is 10.1 Å². The van der Waals surface area contributed by atoms with E-state index >= 15 is 0 Å². The second kappa shape index (κ2) is 8.45. The normalized spacial score (nSPS) is 14.8. The lowest BCUT2D eigenvalue weighted by molar-refractivity contribution is -0.386. The number of hydrogen-bond acceptors (Lipinski definition) is 7. The Morgan fingerprint density at radius 3 is 2.36 bits per heavy atom. The van der Waals surface area contributed by atoms with Gasteiger partial charge in [-0.15, -0.1) is 0 Å².